The minimum absolute atomic E-state index is 0.0218. The largest absolute Gasteiger partial charge is 0.361 e. The first-order valence-corrected chi connectivity index (χ1v) is 5.20. The van der Waals surface area contributed by atoms with E-state index in [0.717, 1.165) is 0 Å². The van der Waals surface area contributed by atoms with Crippen molar-refractivity contribution in [1.82, 2.24) is 10.3 Å². The lowest BCUT2D eigenvalue weighted by atomic mass is 10.3. The third-order valence-corrected chi connectivity index (χ3v) is 1.97. The number of nitrogens with zero attached hydrogens (tertiary/aromatic N) is 2. The number of carbonyl (C=O) groups is 1. The molecule has 98 valence electrons. The highest BCUT2D eigenvalue weighted by Gasteiger charge is 2.11. The summed E-state index contributed by atoms with van der Waals surface area (Å²) in [5, 5.41) is 15.9. The van der Waals surface area contributed by atoms with E-state index in [9.17, 15) is 14.9 Å². The third-order valence-electron chi connectivity index (χ3n) is 1.97. The van der Waals surface area contributed by atoms with Crippen molar-refractivity contribution in [2.24, 2.45) is 5.84 Å². The van der Waals surface area contributed by atoms with Gasteiger partial charge in [0, 0.05) is 6.54 Å². The molecule has 0 radical (unpaired) electrons. The van der Waals surface area contributed by atoms with E-state index in [0.29, 0.717) is 6.54 Å². The van der Waals surface area contributed by atoms with Crippen LogP contribution in [0.15, 0.2) is 12.1 Å². The van der Waals surface area contributed by atoms with Crippen molar-refractivity contribution in [3.05, 3.63) is 22.2 Å². The lowest BCUT2D eigenvalue weighted by Crippen LogP contribution is -2.29. The van der Waals surface area contributed by atoms with E-state index in [1.165, 1.54) is 12.1 Å². The van der Waals surface area contributed by atoms with Crippen molar-refractivity contribution < 1.29 is 9.72 Å². The second-order valence-electron chi connectivity index (χ2n) is 3.30. The number of nitrogens with two attached hydrogens (primary N) is 1. The number of rotatable bonds is 6. The van der Waals surface area contributed by atoms with Crippen LogP contribution in [0.5, 0.6) is 0 Å². The second kappa shape index (κ2) is 6.35. The molecule has 0 atom stereocenters. The first kappa shape index (κ1) is 13.6. The molecule has 0 aliphatic rings. The molecule has 0 spiro atoms. The van der Waals surface area contributed by atoms with Crippen LogP contribution in [-0.2, 0) is 4.79 Å². The summed E-state index contributed by atoms with van der Waals surface area (Å²) in [6, 6.07) is 2.41. The fourth-order valence-corrected chi connectivity index (χ4v) is 1.22. The van der Waals surface area contributed by atoms with Crippen LogP contribution in [-0.4, -0.2) is 28.9 Å². The highest BCUT2D eigenvalue weighted by atomic mass is 16.6. The van der Waals surface area contributed by atoms with E-state index in [-0.39, 0.29) is 29.8 Å². The van der Waals surface area contributed by atoms with Gasteiger partial charge in [-0.3, -0.25) is 14.9 Å². The van der Waals surface area contributed by atoms with Crippen LogP contribution in [0.25, 0.3) is 0 Å². The molecule has 0 unspecified atom stereocenters. The van der Waals surface area contributed by atoms with Crippen LogP contribution in [0.4, 0.5) is 17.3 Å². The summed E-state index contributed by atoms with van der Waals surface area (Å²) >= 11 is 0. The number of hydrogen-bond acceptors (Lipinski definition) is 7. The summed E-state index contributed by atoms with van der Waals surface area (Å²) in [5.41, 5.74) is 2.05. The number of nitrogens with one attached hydrogen (secondary N) is 3. The zero-order valence-corrected chi connectivity index (χ0v) is 9.77. The second-order valence-corrected chi connectivity index (χ2v) is 3.30. The van der Waals surface area contributed by atoms with E-state index in [1.54, 1.807) is 6.92 Å². The average Bonchev–Trinajstić information content (AvgIpc) is 2.36. The zero-order chi connectivity index (χ0) is 13.5. The number of aromatic nitrogens is 1. The van der Waals surface area contributed by atoms with Gasteiger partial charge in [0.1, 0.15) is 11.6 Å². The van der Waals surface area contributed by atoms with Gasteiger partial charge in [-0.25, -0.2) is 10.8 Å². The van der Waals surface area contributed by atoms with E-state index in [4.69, 9.17) is 5.84 Å². The summed E-state index contributed by atoms with van der Waals surface area (Å²) in [4.78, 5) is 25.2. The molecule has 9 nitrogen and oxygen atoms in total. The molecule has 1 amide bonds. The Morgan fingerprint density at radius 3 is 2.72 bits per heavy atom. The first-order valence-electron chi connectivity index (χ1n) is 5.20. The molecule has 0 bridgehead atoms. The number of carbonyl (C=O) groups excluding carboxylic acids is 1. The van der Waals surface area contributed by atoms with Crippen LogP contribution < -0.4 is 21.9 Å². The Labute approximate surface area is 103 Å². The summed E-state index contributed by atoms with van der Waals surface area (Å²) < 4.78 is 0. The van der Waals surface area contributed by atoms with Crippen LogP contribution >= 0.6 is 0 Å². The molecule has 0 aliphatic carbocycles. The van der Waals surface area contributed by atoms with Gasteiger partial charge in [-0.1, -0.05) is 0 Å². The molecule has 0 saturated carbocycles. The topological polar surface area (TPSA) is 135 Å². The fraction of sp³-hybridized carbons (Fsp3) is 0.333. The lowest BCUT2D eigenvalue weighted by Gasteiger charge is -2.07. The molecule has 9 heteroatoms. The SMILES string of the molecule is CCNC(=O)CNc1cc([N+](=O)[O-])cc(NN)n1. The first-order chi connectivity index (χ1) is 8.56. The van der Waals surface area contributed by atoms with Gasteiger partial charge < -0.3 is 16.1 Å². The Hall–Kier alpha value is -2.42. The van der Waals surface area contributed by atoms with Gasteiger partial charge in [-0.15, -0.1) is 0 Å². The molecule has 1 heterocycles. The predicted molar refractivity (Wildman–Crippen MR) is 65.9 cm³/mol. The average molecular weight is 254 g/mol. The Balaban J connectivity index is 2.78. The number of likely N-dealkylation sites (N-methyl/N-ethyl adjacent to an activating group) is 1. The number of nitrogen functional groups attached to an aromatic ring is 1. The van der Waals surface area contributed by atoms with Gasteiger partial charge in [0.25, 0.3) is 5.69 Å². The maximum Gasteiger partial charge on any atom is 0.276 e. The minimum atomic E-state index is -0.570. The van der Waals surface area contributed by atoms with E-state index in [1.807, 2.05) is 0 Å². The Morgan fingerprint density at radius 1 is 1.50 bits per heavy atom. The van der Waals surface area contributed by atoms with Crippen molar-refractivity contribution in [3.8, 4) is 0 Å². The smallest absolute Gasteiger partial charge is 0.276 e. The van der Waals surface area contributed by atoms with E-state index >= 15 is 0 Å². The highest BCUT2D eigenvalue weighted by Crippen LogP contribution is 2.19. The van der Waals surface area contributed by atoms with Crippen LogP contribution in [0, 0.1) is 10.1 Å². The number of amides is 1. The van der Waals surface area contributed by atoms with Crippen molar-refractivity contribution in [1.29, 1.82) is 0 Å². The van der Waals surface area contributed by atoms with E-state index in [2.05, 4.69) is 21.0 Å². The number of pyridine rings is 1. The Morgan fingerprint density at radius 2 is 2.17 bits per heavy atom. The molecule has 1 aromatic heterocycles. The monoisotopic (exact) mass is 254 g/mol. The highest BCUT2D eigenvalue weighted by molar-refractivity contribution is 5.80. The Bertz CT molecular complexity index is 450. The molecule has 0 fully saturated rings. The van der Waals surface area contributed by atoms with Gasteiger partial charge in [0.2, 0.25) is 5.91 Å². The maximum absolute atomic E-state index is 11.2. The van der Waals surface area contributed by atoms with Crippen LogP contribution in [0.2, 0.25) is 0 Å². The number of hydrazine groups is 1. The molecular formula is C9H14N6O3. The molecule has 0 aliphatic heterocycles. The van der Waals surface area contributed by atoms with Gasteiger partial charge >= 0.3 is 0 Å². The standard InChI is InChI=1S/C9H14N6O3/c1-2-11-9(16)5-12-7-3-6(15(17)18)4-8(13-7)14-10/h3-4H,2,5,10H2,1H3,(H,11,16)(H2,12,13,14). The summed E-state index contributed by atoms with van der Waals surface area (Å²) in [6.45, 7) is 2.28. The molecular weight excluding hydrogens is 240 g/mol. The fourth-order valence-electron chi connectivity index (χ4n) is 1.22. The van der Waals surface area contributed by atoms with Gasteiger partial charge in [-0.2, -0.15) is 0 Å². The zero-order valence-electron chi connectivity index (χ0n) is 9.77. The molecule has 1 aromatic rings. The lowest BCUT2D eigenvalue weighted by molar-refractivity contribution is -0.384. The van der Waals surface area contributed by atoms with E-state index < -0.39 is 4.92 Å². The normalized spacial score (nSPS) is 9.67. The molecule has 1 rings (SSSR count). The van der Waals surface area contributed by atoms with Crippen LogP contribution in [0.1, 0.15) is 6.92 Å². The van der Waals surface area contributed by atoms with Crippen LogP contribution in [0.3, 0.4) is 0 Å². The quantitative estimate of drug-likeness (QED) is 0.314. The van der Waals surface area contributed by atoms with Gasteiger partial charge in [0.05, 0.1) is 23.6 Å². The minimum Gasteiger partial charge on any atom is -0.361 e. The number of hydrogen-bond donors (Lipinski definition) is 4. The summed E-state index contributed by atoms with van der Waals surface area (Å²) in [5.74, 6) is 5.26. The van der Waals surface area contributed by atoms with Crippen molar-refractivity contribution in [3.63, 3.8) is 0 Å². The van der Waals surface area contributed by atoms with Crippen molar-refractivity contribution in [2.75, 3.05) is 23.8 Å². The molecule has 0 saturated heterocycles. The third kappa shape index (κ3) is 3.87. The Kier molecular flexibility index (Phi) is 4.81. The summed E-state index contributed by atoms with van der Waals surface area (Å²) in [6.07, 6.45) is 0. The van der Waals surface area contributed by atoms with Gasteiger partial charge in [-0.05, 0) is 6.92 Å². The number of nitro groups is 1. The number of anilines is 2. The summed E-state index contributed by atoms with van der Waals surface area (Å²) in [7, 11) is 0. The predicted octanol–water partition coefficient (Wildman–Crippen LogP) is -0.177. The molecule has 18 heavy (non-hydrogen) atoms. The molecule has 5 N–H and O–H groups in total. The molecule has 0 aromatic carbocycles. The van der Waals surface area contributed by atoms with Crippen molar-refractivity contribution in [2.45, 2.75) is 6.92 Å². The van der Waals surface area contributed by atoms with Gasteiger partial charge in [0.15, 0.2) is 0 Å². The maximum atomic E-state index is 11.2. The van der Waals surface area contributed by atoms with Crippen molar-refractivity contribution >= 4 is 23.2 Å².